The lowest BCUT2D eigenvalue weighted by atomic mass is 10.00. The number of hydrogen-bond acceptors (Lipinski definition) is 5. The smallest absolute Gasteiger partial charge is 0.344 e. The number of rotatable bonds is 8. The highest BCUT2D eigenvalue weighted by Gasteiger charge is 2.14. The van der Waals surface area contributed by atoms with Gasteiger partial charge in [0.2, 0.25) is 0 Å². The zero-order valence-electron chi connectivity index (χ0n) is 16.4. The average molecular weight is 393 g/mol. The summed E-state index contributed by atoms with van der Waals surface area (Å²) in [5.41, 5.74) is 1.01. The summed E-state index contributed by atoms with van der Waals surface area (Å²) in [4.78, 5) is 24.0. The van der Waals surface area contributed by atoms with Gasteiger partial charge in [-0.2, -0.15) is 0 Å². The molecule has 3 aromatic carbocycles. The minimum atomic E-state index is -0.617. The van der Waals surface area contributed by atoms with Gasteiger partial charge in [-0.1, -0.05) is 42.5 Å². The second-order valence-electron chi connectivity index (χ2n) is 6.48. The molecule has 6 heteroatoms. The van der Waals surface area contributed by atoms with Gasteiger partial charge < -0.3 is 19.5 Å². The van der Waals surface area contributed by atoms with E-state index in [0.29, 0.717) is 11.5 Å². The standard InChI is InChI=1S/C23H23NO5/c1-16(20-9-5-7-17-6-3-4-8-21(17)20)24-22(25)14-29-23(26)15-28-19-12-10-18(27-2)11-13-19/h3-13,16H,14-15H2,1-2H3,(H,24,25)/t16-/m1/s1. The van der Waals surface area contributed by atoms with Crippen LogP contribution in [0.15, 0.2) is 66.7 Å². The van der Waals surface area contributed by atoms with E-state index in [4.69, 9.17) is 14.2 Å². The maximum atomic E-state index is 12.2. The highest BCUT2D eigenvalue weighted by atomic mass is 16.6. The van der Waals surface area contributed by atoms with E-state index in [9.17, 15) is 9.59 Å². The number of benzene rings is 3. The van der Waals surface area contributed by atoms with Gasteiger partial charge in [0.15, 0.2) is 13.2 Å². The van der Waals surface area contributed by atoms with Gasteiger partial charge in [0.25, 0.3) is 5.91 Å². The van der Waals surface area contributed by atoms with Crippen molar-refractivity contribution in [2.75, 3.05) is 20.3 Å². The summed E-state index contributed by atoms with van der Waals surface area (Å²) < 4.78 is 15.4. The monoisotopic (exact) mass is 393 g/mol. The Labute approximate surface area is 169 Å². The molecule has 0 aliphatic rings. The molecule has 0 spiro atoms. The Balaban J connectivity index is 1.46. The normalized spacial score (nSPS) is 11.5. The van der Waals surface area contributed by atoms with Crippen molar-refractivity contribution < 1.29 is 23.8 Å². The van der Waals surface area contributed by atoms with E-state index in [1.54, 1.807) is 31.4 Å². The molecule has 0 aliphatic heterocycles. The molecule has 1 N–H and O–H groups in total. The van der Waals surface area contributed by atoms with Gasteiger partial charge in [-0.3, -0.25) is 4.79 Å². The van der Waals surface area contributed by atoms with E-state index < -0.39 is 5.97 Å². The van der Waals surface area contributed by atoms with Crippen LogP contribution < -0.4 is 14.8 Å². The van der Waals surface area contributed by atoms with Crippen molar-refractivity contribution in [3.63, 3.8) is 0 Å². The summed E-state index contributed by atoms with van der Waals surface area (Å²) in [5, 5.41) is 5.04. The molecule has 0 saturated heterocycles. The number of fused-ring (bicyclic) bond motifs is 1. The van der Waals surface area contributed by atoms with E-state index in [-0.39, 0.29) is 25.2 Å². The summed E-state index contributed by atoms with van der Waals surface area (Å²) in [6.45, 7) is 1.26. The van der Waals surface area contributed by atoms with Crippen molar-refractivity contribution in [3.8, 4) is 11.5 Å². The third kappa shape index (κ3) is 5.48. The van der Waals surface area contributed by atoms with Crippen molar-refractivity contribution in [1.82, 2.24) is 5.32 Å². The molecule has 0 heterocycles. The number of methoxy groups -OCH3 is 1. The van der Waals surface area contributed by atoms with E-state index >= 15 is 0 Å². The molecular weight excluding hydrogens is 370 g/mol. The lowest BCUT2D eigenvalue weighted by Gasteiger charge is -2.16. The van der Waals surface area contributed by atoms with Crippen LogP contribution in [-0.4, -0.2) is 32.2 Å². The first-order valence-corrected chi connectivity index (χ1v) is 9.26. The Morgan fingerprint density at radius 1 is 0.897 bits per heavy atom. The highest BCUT2D eigenvalue weighted by Crippen LogP contribution is 2.24. The van der Waals surface area contributed by atoms with E-state index in [2.05, 4.69) is 5.32 Å². The minimum absolute atomic E-state index is 0.220. The van der Waals surface area contributed by atoms with Gasteiger partial charge in [-0.15, -0.1) is 0 Å². The molecule has 0 saturated carbocycles. The van der Waals surface area contributed by atoms with E-state index in [1.165, 1.54) is 0 Å². The first-order chi connectivity index (χ1) is 14.1. The van der Waals surface area contributed by atoms with Crippen LogP contribution in [0.3, 0.4) is 0 Å². The van der Waals surface area contributed by atoms with Crippen LogP contribution >= 0.6 is 0 Å². The minimum Gasteiger partial charge on any atom is -0.497 e. The van der Waals surface area contributed by atoms with E-state index in [1.807, 2.05) is 49.4 Å². The predicted molar refractivity (Wildman–Crippen MR) is 110 cm³/mol. The molecule has 1 amide bonds. The summed E-state index contributed by atoms with van der Waals surface area (Å²) in [6.07, 6.45) is 0. The van der Waals surface area contributed by atoms with Gasteiger partial charge in [-0.05, 0) is 47.5 Å². The number of carbonyl (C=O) groups excluding carboxylic acids is 2. The van der Waals surface area contributed by atoms with Gasteiger partial charge >= 0.3 is 5.97 Å². The van der Waals surface area contributed by atoms with Crippen LogP contribution in [0.5, 0.6) is 11.5 Å². The third-order valence-corrected chi connectivity index (χ3v) is 4.45. The molecule has 3 aromatic rings. The van der Waals surface area contributed by atoms with Crippen molar-refractivity contribution >= 4 is 22.6 Å². The van der Waals surface area contributed by atoms with Crippen LogP contribution in [0.1, 0.15) is 18.5 Å². The molecular formula is C23H23NO5. The first kappa shape index (κ1) is 20.2. The molecule has 0 radical (unpaired) electrons. The zero-order valence-corrected chi connectivity index (χ0v) is 16.4. The first-order valence-electron chi connectivity index (χ1n) is 9.26. The second-order valence-corrected chi connectivity index (χ2v) is 6.48. The maximum Gasteiger partial charge on any atom is 0.344 e. The summed E-state index contributed by atoms with van der Waals surface area (Å²) in [6, 6.07) is 20.5. The quantitative estimate of drug-likeness (QED) is 0.592. The number of carbonyl (C=O) groups is 2. The summed E-state index contributed by atoms with van der Waals surface area (Å²) >= 11 is 0. The molecule has 150 valence electrons. The zero-order chi connectivity index (χ0) is 20.6. The average Bonchev–Trinajstić information content (AvgIpc) is 2.76. The lowest BCUT2D eigenvalue weighted by molar-refractivity contribution is -0.150. The van der Waals surface area contributed by atoms with Gasteiger partial charge in [0.05, 0.1) is 13.2 Å². The molecule has 0 bridgehead atoms. The molecule has 0 unspecified atom stereocenters. The highest BCUT2D eigenvalue weighted by molar-refractivity contribution is 5.87. The Morgan fingerprint density at radius 2 is 1.59 bits per heavy atom. The molecule has 0 fully saturated rings. The van der Waals surface area contributed by atoms with Crippen molar-refractivity contribution in [1.29, 1.82) is 0 Å². The lowest BCUT2D eigenvalue weighted by Crippen LogP contribution is -2.32. The summed E-state index contributed by atoms with van der Waals surface area (Å²) in [7, 11) is 1.57. The number of ether oxygens (including phenoxy) is 3. The number of hydrogen-bond donors (Lipinski definition) is 1. The van der Waals surface area contributed by atoms with Gasteiger partial charge in [-0.25, -0.2) is 4.79 Å². The van der Waals surface area contributed by atoms with Gasteiger partial charge in [0, 0.05) is 0 Å². The molecule has 3 rings (SSSR count). The fourth-order valence-corrected chi connectivity index (χ4v) is 2.99. The SMILES string of the molecule is COc1ccc(OCC(=O)OCC(=O)N[C@H](C)c2cccc3ccccc23)cc1. The Kier molecular flexibility index (Phi) is 6.68. The van der Waals surface area contributed by atoms with Crippen LogP contribution in [-0.2, 0) is 14.3 Å². The Hall–Kier alpha value is -3.54. The Bertz CT molecular complexity index is 979. The van der Waals surface area contributed by atoms with Crippen molar-refractivity contribution in [2.45, 2.75) is 13.0 Å². The fraction of sp³-hybridized carbons (Fsp3) is 0.217. The number of amides is 1. The van der Waals surface area contributed by atoms with Crippen molar-refractivity contribution in [3.05, 3.63) is 72.3 Å². The Morgan fingerprint density at radius 3 is 2.34 bits per heavy atom. The number of esters is 1. The number of nitrogens with one attached hydrogen (secondary N) is 1. The van der Waals surface area contributed by atoms with Crippen LogP contribution in [0.25, 0.3) is 10.8 Å². The molecule has 6 nitrogen and oxygen atoms in total. The molecule has 1 atom stereocenters. The van der Waals surface area contributed by atoms with Crippen LogP contribution in [0.2, 0.25) is 0 Å². The largest absolute Gasteiger partial charge is 0.497 e. The third-order valence-electron chi connectivity index (χ3n) is 4.45. The predicted octanol–water partition coefficient (Wildman–Crippen LogP) is 3.65. The molecule has 0 aliphatic carbocycles. The second kappa shape index (κ2) is 9.59. The van der Waals surface area contributed by atoms with Crippen LogP contribution in [0.4, 0.5) is 0 Å². The molecule has 0 aromatic heterocycles. The maximum absolute atomic E-state index is 12.2. The fourth-order valence-electron chi connectivity index (χ4n) is 2.99. The topological polar surface area (TPSA) is 73.9 Å². The molecule has 29 heavy (non-hydrogen) atoms. The van der Waals surface area contributed by atoms with Crippen LogP contribution in [0, 0.1) is 0 Å². The van der Waals surface area contributed by atoms with E-state index in [0.717, 1.165) is 16.3 Å². The van der Waals surface area contributed by atoms with Crippen molar-refractivity contribution in [2.24, 2.45) is 0 Å². The summed E-state index contributed by atoms with van der Waals surface area (Å²) in [5.74, 6) is 0.214. The van der Waals surface area contributed by atoms with Gasteiger partial charge in [0.1, 0.15) is 11.5 Å².